The Balaban J connectivity index is 3.80. The van der Waals surface area contributed by atoms with Crippen molar-refractivity contribution in [3.05, 3.63) is 0 Å². The minimum Gasteiger partial charge on any atom is -0.385 e. The average molecular weight is 224 g/mol. The smallest absolute Gasteiger partial charge is 0.127 e. The molecule has 0 radical (unpaired) electrons. The van der Waals surface area contributed by atoms with Gasteiger partial charge in [-0.1, -0.05) is 52.3 Å². The van der Waals surface area contributed by atoms with Gasteiger partial charge in [0.15, 0.2) is 0 Å². The van der Waals surface area contributed by atoms with Crippen LogP contribution in [-0.4, -0.2) is 26.4 Å². The normalized spacial score (nSPS) is 13.6. The van der Waals surface area contributed by atoms with E-state index in [1.54, 1.807) is 0 Å². The van der Waals surface area contributed by atoms with Crippen molar-refractivity contribution in [2.75, 3.05) is 6.61 Å². The number of unbranched alkanes of at least 4 members (excludes halogenated alkanes) is 1. The summed E-state index contributed by atoms with van der Waals surface area (Å²) in [7, 11) is 2.53. The van der Waals surface area contributed by atoms with Crippen LogP contribution in [0.2, 0.25) is 5.82 Å². The zero-order chi connectivity index (χ0) is 12.4. The van der Waals surface area contributed by atoms with Gasteiger partial charge in [-0.3, -0.25) is 0 Å². The maximum atomic E-state index is 5.88. The molecule has 0 aromatic carbocycles. The molecule has 0 saturated heterocycles. The molecule has 0 bridgehead atoms. The van der Waals surface area contributed by atoms with Crippen LogP contribution >= 0.6 is 0 Å². The molecule has 0 heterocycles. The average Bonchev–Trinajstić information content (AvgIpc) is 2.27. The van der Waals surface area contributed by atoms with Crippen molar-refractivity contribution in [1.29, 1.82) is 0 Å². The van der Waals surface area contributed by atoms with E-state index in [1.165, 1.54) is 40.0 Å². The van der Waals surface area contributed by atoms with Crippen molar-refractivity contribution in [1.82, 2.24) is 0 Å². The lowest BCUT2D eigenvalue weighted by atomic mass is 9.28. The summed E-state index contributed by atoms with van der Waals surface area (Å²) in [6.45, 7) is 12.1. The van der Waals surface area contributed by atoms with Gasteiger partial charge in [-0.15, -0.1) is 0 Å². The van der Waals surface area contributed by atoms with E-state index in [9.17, 15) is 0 Å². The number of ether oxygens (including phenoxy) is 1. The molecule has 0 aromatic heterocycles. The Labute approximate surface area is 104 Å². The first kappa shape index (κ1) is 16.1. The highest BCUT2D eigenvalue weighted by molar-refractivity contribution is 7.02. The fraction of sp³-hybridized carbons (Fsp3) is 1.00. The lowest BCUT2D eigenvalue weighted by Crippen LogP contribution is -2.37. The van der Waals surface area contributed by atoms with Crippen LogP contribution in [0, 0.1) is 0 Å². The highest BCUT2D eigenvalue weighted by Crippen LogP contribution is 2.19. The van der Waals surface area contributed by atoms with Crippen LogP contribution in [0.4, 0.5) is 0 Å². The summed E-state index contributed by atoms with van der Waals surface area (Å²) in [6.07, 6.45) is 6.55. The van der Waals surface area contributed by atoms with E-state index in [2.05, 4.69) is 34.6 Å². The molecule has 0 fully saturated rings. The zero-order valence-electron chi connectivity index (χ0n) is 12.1. The van der Waals surface area contributed by atoms with Crippen LogP contribution in [0.15, 0.2) is 0 Å². The topological polar surface area (TPSA) is 9.23 Å². The van der Waals surface area contributed by atoms with Crippen molar-refractivity contribution < 1.29 is 4.74 Å². The molecule has 0 aromatic rings. The van der Waals surface area contributed by atoms with Crippen LogP contribution in [0.3, 0.4) is 0 Å². The summed E-state index contributed by atoms with van der Waals surface area (Å²) in [5.41, 5.74) is 0.0790. The maximum absolute atomic E-state index is 5.88. The maximum Gasteiger partial charge on any atom is 0.127 e. The second-order valence-corrected chi connectivity index (χ2v) is 5.56. The molecule has 0 rings (SSSR count). The summed E-state index contributed by atoms with van der Waals surface area (Å²) >= 11 is 0. The Morgan fingerprint density at radius 3 is 2.31 bits per heavy atom. The molecule has 0 aliphatic heterocycles. The molecule has 0 amide bonds. The van der Waals surface area contributed by atoms with Crippen LogP contribution in [-0.2, 0) is 4.74 Å². The SMILES string of the molecule is CCCCC(BBC(C)(C)OCCC)CC. The van der Waals surface area contributed by atoms with Crippen LogP contribution in [0.25, 0.3) is 0 Å². The zero-order valence-corrected chi connectivity index (χ0v) is 12.1. The monoisotopic (exact) mass is 224 g/mol. The first-order valence-electron chi connectivity index (χ1n) is 7.19. The molecule has 16 heavy (non-hydrogen) atoms. The summed E-state index contributed by atoms with van der Waals surface area (Å²) in [5.74, 6) is 0.907. The van der Waals surface area contributed by atoms with E-state index in [0.717, 1.165) is 18.8 Å². The van der Waals surface area contributed by atoms with Gasteiger partial charge in [-0.05, 0) is 20.3 Å². The van der Waals surface area contributed by atoms with E-state index in [-0.39, 0.29) is 5.50 Å². The van der Waals surface area contributed by atoms with E-state index < -0.39 is 0 Å². The van der Waals surface area contributed by atoms with Gasteiger partial charge in [0.1, 0.15) is 7.17 Å². The summed E-state index contributed by atoms with van der Waals surface area (Å²) < 4.78 is 5.88. The van der Waals surface area contributed by atoms with E-state index >= 15 is 0 Å². The Morgan fingerprint density at radius 1 is 1.12 bits per heavy atom. The fourth-order valence-corrected chi connectivity index (χ4v) is 2.05. The molecule has 0 N–H and O–H groups in total. The molecule has 1 nitrogen and oxygen atoms in total. The third kappa shape index (κ3) is 8.27. The third-order valence-corrected chi connectivity index (χ3v) is 3.39. The molecule has 0 spiro atoms. The summed E-state index contributed by atoms with van der Waals surface area (Å²) in [6, 6.07) is 0. The molecular formula is C13H30B2O. The predicted molar refractivity (Wildman–Crippen MR) is 78.2 cm³/mol. The van der Waals surface area contributed by atoms with E-state index in [4.69, 9.17) is 4.74 Å². The van der Waals surface area contributed by atoms with Crippen molar-refractivity contribution >= 4 is 14.3 Å². The molecular weight excluding hydrogens is 194 g/mol. The number of rotatable bonds is 10. The molecule has 3 heteroatoms. The largest absolute Gasteiger partial charge is 0.385 e. The second kappa shape index (κ2) is 9.15. The van der Waals surface area contributed by atoms with Crippen molar-refractivity contribution in [2.24, 2.45) is 0 Å². The molecule has 0 aliphatic carbocycles. The Kier molecular flexibility index (Phi) is 9.21. The molecule has 1 atom stereocenters. The lowest BCUT2D eigenvalue weighted by Gasteiger charge is -2.26. The van der Waals surface area contributed by atoms with Crippen molar-refractivity contribution in [3.63, 3.8) is 0 Å². The third-order valence-electron chi connectivity index (χ3n) is 3.39. The van der Waals surface area contributed by atoms with Gasteiger partial charge in [0.2, 0.25) is 0 Å². The molecule has 0 aliphatic rings. The quantitative estimate of drug-likeness (QED) is 0.517. The van der Waals surface area contributed by atoms with E-state index in [0.29, 0.717) is 0 Å². The summed E-state index contributed by atoms with van der Waals surface area (Å²) in [4.78, 5) is 0. The van der Waals surface area contributed by atoms with Gasteiger partial charge < -0.3 is 4.74 Å². The molecule has 1 unspecified atom stereocenters. The van der Waals surface area contributed by atoms with Crippen LogP contribution in [0.5, 0.6) is 0 Å². The first-order chi connectivity index (χ1) is 7.55. The van der Waals surface area contributed by atoms with Gasteiger partial charge in [0, 0.05) is 12.1 Å². The van der Waals surface area contributed by atoms with Crippen LogP contribution < -0.4 is 0 Å². The van der Waals surface area contributed by atoms with Crippen molar-refractivity contribution in [3.8, 4) is 0 Å². The minimum atomic E-state index is 0.0790. The highest BCUT2D eigenvalue weighted by atomic mass is 16.5. The van der Waals surface area contributed by atoms with E-state index in [1.807, 2.05) is 0 Å². The van der Waals surface area contributed by atoms with Gasteiger partial charge in [0.25, 0.3) is 0 Å². The standard InChI is InChI=1S/C13H30B2O/c1-6-9-10-12(8-3)14-15-13(4,5)16-11-7-2/h12,14-15H,6-11H2,1-5H3. The number of hydrogen-bond acceptors (Lipinski definition) is 1. The predicted octanol–water partition coefficient (Wildman–Crippen LogP) is 3.33. The van der Waals surface area contributed by atoms with Crippen LogP contribution in [0.1, 0.15) is 66.7 Å². The van der Waals surface area contributed by atoms with Gasteiger partial charge in [-0.25, -0.2) is 0 Å². The lowest BCUT2D eigenvalue weighted by molar-refractivity contribution is 0.0450. The van der Waals surface area contributed by atoms with Gasteiger partial charge in [-0.2, -0.15) is 0 Å². The fourth-order valence-electron chi connectivity index (χ4n) is 2.05. The van der Waals surface area contributed by atoms with Gasteiger partial charge in [0.05, 0.1) is 7.17 Å². The minimum absolute atomic E-state index is 0.0790. The second-order valence-electron chi connectivity index (χ2n) is 5.56. The Morgan fingerprint density at radius 2 is 1.81 bits per heavy atom. The van der Waals surface area contributed by atoms with Gasteiger partial charge >= 0.3 is 0 Å². The number of hydrogen-bond donors (Lipinski definition) is 0. The molecule has 0 saturated carbocycles. The molecule has 94 valence electrons. The van der Waals surface area contributed by atoms with Crippen molar-refractivity contribution in [2.45, 2.75) is 78.0 Å². The Hall–Kier alpha value is 0.0899. The first-order valence-corrected chi connectivity index (χ1v) is 7.19. The highest BCUT2D eigenvalue weighted by Gasteiger charge is 2.22. The Bertz CT molecular complexity index is 160. The summed E-state index contributed by atoms with van der Waals surface area (Å²) in [5, 5.41) is 0.